The van der Waals surface area contributed by atoms with Gasteiger partial charge in [-0.2, -0.15) is 13.2 Å². The number of alkyl halides is 3. The van der Waals surface area contributed by atoms with Crippen molar-refractivity contribution < 1.29 is 27.5 Å². The predicted molar refractivity (Wildman–Crippen MR) is 64.5 cm³/mol. The van der Waals surface area contributed by atoms with E-state index < -0.39 is 34.9 Å². The SMILES string of the molecule is CCOC(=O)c1[nH]c(CC)c(C(=O)NC)c1C(F)(F)F. The predicted octanol–water partition coefficient (Wildman–Crippen LogP) is 2.13. The van der Waals surface area contributed by atoms with Crippen LogP contribution in [0.2, 0.25) is 0 Å². The number of aryl methyl sites for hydroxylation is 1. The first-order valence-corrected chi connectivity index (χ1v) is 5.99. The molecule has 0 aliphatic heterocycles. The molecule has 0 aliphatic carbocycles. The van der Waals surface area contributed by atoms with E-state index in [0.29, 0.717) is 0 Å². The van der Waals surface area contributed by atoms with E-state index in [4.69, 9.17) is 0 Å². The second-order valence-electron chi connectivity index (χ2n) is 3.88. The summed E-state index contributed by atoms with van der Waals surface area (Å²) < 4.78 is 44.0. The summed E-state index contributed by atoms with van der Waals surface area (Å²) in [5, 5.41) is 2.14. The van der Waals surface area contributed by atoms with Gasteiger partial charge in [0.1, 0.15) is 11.3 Å². The first kappa shape index (κ1) is 16.1. The van der Waals surface area contributed by atoms with Crippen molar-refractivity contribution in [3.05, 3.63) is 22.5 Å². The van der Waals surface area contributed by atoms with Gasteiger partial charge in [-0.25, -0.2) is 4.79 Å². The fraction of sp³-hybridized carbons (Fsp3) is 0.500. The van der Waals surface area contributed by atoms with Gasteiger partial charge in [-0.3, -0.25) is 4.79 Å². The molecule has 8 heteroatoms. The summed E-state index contributed by atoms with van der Waals surface area (Å²) in [6, 6.07) is 0. The van der Waals surface area contributed by atoms with E-state index >= 15 is 0 Å². The Hall–Kier alpha value is -1.99. The Balaban J connectivity index is 3.57. The molecule has 0 saturated heterocycles. The Morgan fingerprint density at radius 1 is 1.30 bits per heavy atom. The normalized spacial score (nSPS) is 11.3. The van der Waals surface area contributed by atoms with Gasteiger partial charge in [-0.1, -0.05) is 6.92 Å². The zero-order chi connectivity index (χ0) is 15.5. The first-order valence-electron chi connectivity index (χ1n) is 5.99. The van der Waals surface area contributed by atoms with Crippen molar-refractivity contribution in [1.82, 2.24) is 10.3 Å². The third-order valence-corrected chi connectivity index (χ3v) is 2.65. The van der Waals surface area contributed by atoms with Gasteiger partial charge < -0.3 is 15.0 Å². The maximum Gasteiger partial charge on any atom is 0.419 e. The van der Waals surface area contributed by atoms with Crippen LogP contribution < -0.4 is 5.32 Å². The fourth-order valence-corrected chi connectivity index (χ4v) is 1.83. The van der Waals surface area contributed by atoms with Crippen molar-refractivity contribution in [3.63, 3.8) is 0 Å². The molecule has 0 atom stereocenters. The molecule has 1 aromatic heterocycles. The number of carbonyl (C=O) groups is 2. The molecule has 1 rings (SSSR count). The molecule has 112 valence electrons. The third kappa shape index (κ3) is 2.94. The molecule has 20 heavy (non-hydrogen) atoms. The highest BCUT2D eigenvalue weighted by Gasteiger charge is 2.43. The molecule has 1 heterocycles. The van der Waals surface area contributed by atoms with E-state index in [2.05, 4.69) is 15.0 Å². The number of ether oxygens (including phenoxy) is 1. The van der Waals surface area contributed by atoms with Gasteiger partial charge in [-0.15, -0.1) is 0 Å². The highest BCUT2D eigenvalue weighted by molar-refractivity contribution is 6.01. The maximum absolute atomic E-state index is 13.1. The number of carbonyl (C=O) groups excluding carboxylic acids is 2. The fourth-order valence-electron chi connectivity index (χ4n) is 1.83. The highest BCUT2D eigenvalue weighted by Crippen LogP contribution is 2.37. The lowest BCUT2D eigenvalue weighted by molar-refractivity contribution is -0.138. The average Bonchev–Trinajstić information content (AvgIpc) is 2.77. The Kier molecular flexibility index (Phi) is 4.80. The molecule has 0 aromatic carbocycles. The molecule has 0 unspecified atom stereocenters. The van der Waals surface area contributed by atoms with Crippen LogP contribution in [0.5, 0.6) is 0 Å². The first-order chi connectivity index (χ1) is 9.27. The Labute approximate surface area is 113 Å². The van der Waals surface area contributed by atoms with Gasteiger partial charge in [0.15, 0.2) is 0 Å². The van der Waals surface area contributed by atoms with Crippen LogP contribution in [0.4, 0.5) is 13.2 Å². The van der Waals surface area contributed by atoms with Crippen LogP contribution in [-0.2, 0) is 17.3 Å². The van der Waals surface area contributed by atoms with Crippen LogP contribution in [0.1, 0.15) is 46.0 Å². The lowest BCUT2D eigenvalue weighted by Crippen LogP contribution is -2.24. The largest absolute Gasteiger partial charge is 0.461 e. The van der Waals surface area contributed by atoms with E-state index in [9.17, 15) is 22.8 Å². The quantitative estimate of drug-likeness (QED) is 0.835. The number of hydrogen-bond acceptors (Lipinski definition) is 3. The molecule has 0 saturated carbocycles. The summed E-state index contributed by atoms with van der Waals surface area (Å²) >= 11 is 0. The highest BCUT2D eigenvalue weighted by atomic mass is 19.4. The summed E-state index contributed by atoms with van der Waals surface area (Å²) in [5.74, 6) is -2.04. The van der Waals surface area contributed by atoms with Crippen molar-refractivity contribution in [2.45, 2.75) is 26.4 Å². The minimum absolute atomic E-state index is 0.0414. The zero-order valence-electron chi connectivity index (χ0n) is 11.3. The number of nitrogens with one attached hydrogen (secondary N) is 2. The Morgan fingerprint density at radius 2 is 1.90 bits per heavy atom. The Morgan fingerprint density at radius 3 is 2.30 bits per heavy atom. The van der Waals surface area contributed by atoms with Crippen LogP contribution in [0.3, 0.4) is 0 Å². The van der Waals surface area contributed by atoms with Crippen molar-refractivity contribution in [3.8, 4) is 0 Å². The van der Waals surface area contributed by atoms with Gasteiger partial charge in [0, 0.05) is 12.7 Å². The maximum atomic E-state index is 13.1. The van der Waals surface area contributed by atoms with Crippen molar-refractivity contribution >= 4 is 11.9 Å². The molecule has 0 spiro atoms. The molecule has 0 bridgehead atoms. The van der Waals surface area contributed by atoms with Crippen LogP contribution >= 0.6 is 0 Å². The molecule has 0 fully saturated rings. The molecular weight excluding hydrogens is 277 g/mol. The number of amides is 1. The van der Waals surface area contributed by atoms with Crippen molar-refractivity contribution in [2.24, 2.45) is 0 Å². The van der Waals surface area contributed by atoms with E-state index in [0.717, 1.165) is 0 Å². The van der Waals surface area contributed by atoms with Gasteiger partial charge in [-0.05, 0) is 13.3 Å². The summed E-state index contributed by atoms with van der Waals surface area (Å²) in [5.41, 5.74) is -2.55. The molecule has 0 radical (unpaired) electrons. The molecule has 2 N–H and O–H groups in total. The standard InChI is InChI=1S/C12H15F3N2O3/c1-4-6-7(10(18)16-3)8(12(13,14)15)9(17-6)11(19)20-5-2/h17H,4-5H2,1-3H3,(H,16,18). The van der Waals surface area contributed by atoms with E-state index in [-0.39, 0.29) is 18.7 Å². The third-order valence-electron chi connectivity index (χ3n) is 2.65. The number of halogens is 3. The minimum Gasteiger partial charge on any atom is -0.461 e. The Bertz CT molecular complexity index is 521. The van der Waals surface area contributed by atoms with Crippen LogP contribution in [-0.4, -0.2) is 30.5 Å². The second-order valence-corrected chi connectivity index (χ2v) is 3.88. The van der Waals surface area contributed by atoms with E-state index in [1.807, 2.05) is 0 Å². The number of H-pyrrole nitrogens is 1. The van der Waals surface area contributed by atoms with Gasteiger partial charge >= 0.3 is 12.1 Å². The van der Waals surface area contributed by atoms with E-state index in [1.54, 1.807) is 6.92 Å². The lowest BCUT2D eigenvalue weighted by Gasteiger charge is -2.10. The van der Waals surface area contributed by atoms with Gasteiger partial charge in [0.2, 0.25) is 0 Å². The monoisotopic (exact) mass is 292 g/mol. The molecule has 0 aliphatic rings. The lowest BCUT2D eigenvalue weighted by atomic mass is 10.1. The number of aromatic nitrogens is 1. The number of hydrogen-bond donors (Lipinski definition) is 2. The smallest absolute Gasteiger partial charge is 0.419 e. The number of rotatable bonds is 4. The molecule has 1 aromatic rings. The van der Waals surface area contributed by atoms with Crippen molar-refractivity contribution in [2.75, 3.05) is 13.7 Å². The molecule has 1 amide bonds. The van der Waals surface area contributed by atoms with Crippen molar-refractivity contribution in [1.29, 1.82) is 0 Å². The second kappa shape index (κ2) is 5.98. The summed E-state index contributed by atoms with van der Waals surface area (Å²) in [7, 11) is 1.22. The zero-order valence-corrected chi connectivity index (χ0v) is 11.3. The van der Waals surface area contributed by atoms with Gasteiger partial charge in [0.25, 0.3) is 5.91 Å². The number of esters is 1. The number of aromatic amines is 1. The molecule has 5 nitrogen and oxygen atoms in total. The van der Waals surface area contributed by atoms with Crippen LogP contribution in [0.15, 0.2) is 0 Å². The summed E-state index contributed by atoms with van der Waals surface area (Å²) in [6.45, 7) is 2.99. The van der Waals surface area contributed by atoms with E-state index in [1.165, 1.54) is 14.0 Å². The summed E-state index contributed by atoms with van der Waals surface area (Å²) in [6.07, 6.45) is -4.70. The molecular formula is C12H15F3N2O3. The summed E-state index contributed by atoms with van der Waals surface area (Å²) in [4.78, 5) is 25.6. The minimum atomic E-state index is -4.84. The van der Waals surface area contributed by atoms with Gasteiger partial charge in [0.05, 0.1) is 12.2 Å². The topological polar surface area (TPSA) is 71.2 Å². The average molecular weight is 292 g/mol. The van der Waals surface area contributed by atoms with Crippen LogP contribution in [0, 0.1) is 0 Å². The van der Waals surface area contributed by atoms with Crippen LogP contribution in [0.25, 0.3) is 0 Å².